The summed E-state index contributed by atoms with van der Waals surface area (Å²) >= 11 is 6.06. The minimum Gasteiger partial charge on any atom is -0.396 e. The number of anilines is 2. The number of nitrogens with one attached hydrogen (secondary N) is 2. The van der Waals surface area contributed by atoms with E-state index < -0.39 is 6.03 Å². The SMILES string of the molecule is O=C(Nc1ccccc1Cl)Nc1ccnn1C1CCN(C(=O)CCO)CC1. The van der Waals surface area contributed by atoms with Crippen molar-refractivity contribution in [2.45, 2.75) is 25.3 Å². The number of carbonyl (C=O) groups is 2. The maximum Gasteiger partial charge on any atom is 0.324 e. The fourth-order valence-electron chi connectivity index (χ4n) is 3.15. The molecular formula is C18H22ClN5O3. The number of urea groups is 1. The monoisotopic (exact) mass is 391 g/mol. The van der Waals surface area contributed by atoms with Gasteiger partial charge in [-0.2, -0.15) is 5.10 Å². The van der Waals surface area contributed by atoms with E-state index in [4.69, 9.17) is 16.7 Å². The van der Waals surface area contributed by atoms with E-state index in [2.05, 4.69) is 15.7 Å². The van der Waals surface area contributed by atoms with E-state index in [-0.39, 0.29) is 25.0 Å². The number of halogens is 1. The summed E-state index contributed by atoms with van der Waals surface area (Å²) in [7, 11) is 0. The molecule has 3 N–H and O–H groups in total. The van der Waals surface area contributed by atoms with Crippen molar-refractivity contribution in [2.24, 2.45) is 0 Å². The second-order valence-electron chi connectivity index (χ2n) is 6.31. The average molecular weight is 392 g/mol. The molecule has 3 rings (SSSR count). The number of aliphatic hydroxyl groups excluding tert-OH is 1. The molecule has 1 aliphatic rings. The molecule has 27 heavy (non-hydrogen) atoms. The van der Waals surface area contributed by atoms with Crippen molar-refractivity contribution < 1.29 is 14.7 Å². The van der Waals surface area contributed by atoms with Crippen molar-refractivity contribution in [1.82, 2.24) is 14.7 Å². The maximum atomic E-state index is 12.3. The molecule has 0 spiro atoms. The molecule has 9 heteroatoms. The topological polar surface area (TPSA) is 99.5 Å². The Balaban J connectivity index is 1.59. The normalized spacial score (nSPS) is 14.8. The Hall–Kier alpha value is -2.58. The summed E-state index contributed by atoms with van der Waals surface area (Å²) < 4.78 is 1.78. The smallest absolute Gasteiger partial charge is 0.324 e. The number of benzene rings is 1. The zero-order valence-corrected chi connectivity index (χ0v) is 15.5. The van der Waals surface area contributed by atoms with Gasteiger partial charge >= 0.3 is 6.03 Å². The number of nitrogens with zero attached hydrogens (tertiary/aromatic N) is 3. The molecule has 2 heterocycles. The fourth-order valence-corrected chi connectivity index (χ4v) is 3.33. The fraction of sp³-hybridized carbons (Fsp3) is 0.389. The summed E-state index contributed by atoms with van der Waals surface area (Å²) in [6.45, 7) is 1.08. The number of para-hydroxylation sites is 1. The van der Waals surface area contributed by atoms with Gasteiger partial charge in [-0.05, 0) is 25.0 Å². The molecule has 3 amide bonds. The van der Waals surface area contributed by atoms with Crippen LogP contribution in [0.3, 0.4) is 0 Å². The van der Waals surface area contributed by atoms with Gasteiger partial charge in [0.2, 0.25) is 5.91 Å². The summed E-state index contributed by atoms with van der Waals surface area (Å²) in [5, 5.41) is 19.2. The number of rotatable bonds is 5. The number of aromatic nitrogens is 2. The van der Waals surface area contributed by atoms with E-state index >= 15 is 0 Å². The second-order valence-corrected chi connectivity index (χ2v) is 6.71. The predicted molar refractivity (Wildman–Crippen MR) is 103 cm³/mol. The van der Waals surface area contributed by atoms with Gasteiger partial charge in [0.1, 0.15) is 5.82 Å². The Morgan fingerprint density at radius 3 is 2.63 bits per heavy atom. The van der Waals surface area contributed by atoms with Gasteiger partial charge in [-0.3, -0.25) is 10.1 Å². The van der Waals surface area contributed by atoms with E-state index in [1.165, 1.54) is 0 Å². The molecule has 8 nitrogen and oxygen atoms in total. The van der Waals surface area contributed by atoms with Crippen molar-refractivity contribution in [3.05, 3.63) is 41.6 Å². The van der Waals surface area contributed by atoms with E-state index in [1.54, 1.807) is 46.1 Å². The molecule has 144 valence electrons. The second kappa shape index (κ2) is 8.88. The molecule has 0 radical (unpaired) electrons. The molecule has 0 bridgehead atoms. The van der Waals surface area contributed by atoms with Crippen LogP contribution in [0.25, 0.3) is 0 Å². The van der Waals surface area contributed by atoms with E-state index in [0.717, 1.165) is 12.8 Å². The standard InChI is InChI=1S/C18H22ClN5O3/c19-14-3-1-2-4-15(14)21-18(27)22-16-5-9-20-24(16)13-6-10-23(11-7-13)17(26)8-12-25/h1-5,9,13,25H,6-8,10-12H2,(H2,21,22,27). The molecule has 1 aromatic carbocycles. The van der Waals surface area contributed by atoms with Gasteiger partial charge in [0, 0.05) is 25.6 Å². The van der Waals surface area contributed by atoms with Crippen LogP contribution in [-0.4, -0.2) is 51.4 Å². The van der Waals surface area contributed by atoms with Gasteiger partial charge in [-0.15, -0.1) is 0 Å². The molecule has 0 unspecified atom stereocenters. The lowest BCUT2D eigenvalue weighted by molar-refractivity contribution is -0.133. The van der Waals surface area contributed by atoms with Crippen molar-refractivity contribution in [3.63, 3.8) is 0 Å². The molecule has 1 aromatic heterocycles. The predicted octanol–water partition coefficient (Wildman–Crippen LogP) is 2.73. The lowest BCUT2D eigenvalue weighted by Gasteiger charge is -2.32. The zero-order chi connectivity index (χ0) is 19.2. The van der Waals surface area contributed by atoms with Gasteiger partial charge in [0.15, 0.2) is 0 Å². The number of hydrogen-bond acceptors (Lipinski definition) is 4. The highest BCUT2D eigenvalue weighted by atomic mass is 35.5. The average Bonchev–Trinajstić information content (AvgIpc) is 3.12. The number of aliphatic hydroxyl groups is 1. The van der Waals surface area contributed by atoms with Gasteiger partial charge in [0.25, 0.3) is 0 Å². The highest BCUT2D eigenvalue weighted by molar-refractivity contribution is 6.33. The van der Waals surface area contributed by atoms with Crippen molar-refractivity contribution in [2.75, 3.05) is 30.3 Å². The minimum absolute atomic E-state index is 0.0334. The number of hydrogen-bond donors (Lipinski definition) is 3. The third-order valence-corrected chi connectivity index (χ3v) is 4.85. The van der Waals surface area contributed by atoms with Crippen LogP contribution in [0.4, 0.5) is 16.3 Å². The summed E-state index contributed by atoms with van der Waals surface area (Å²) in [6, 6.07) is 8.42. The quantitative estimate of drug-likeness (QED) is 0.729. The molecule has 0 atom stereocenters. The van der Waals surface area contributed by atoms with Gasteiger partial charge in [0.05, 0.1) is 29.6 Å². The molecular weight excluding hydrogens is 370 g/mol. The Kier molecular flexibility index (Phi) is 6.31. The van der Waals surface area contributed by atoms with Crippen LogP contribution in [0.2, 0.25) is 5.02 Å². The first-order valence-corrected chi connectivity index (χ1v) is 9.21. The minimum atomic E-state index is -0.402. The van der Waals surface area contributed by atoms with Gasteiger partial charge < -0.3 is 15.3 Å². The summed E-state index contributed by atoms with van der Waals surface area (Å²) in [5.74, 6) is 0.550. The number of likely N-dealkylation sites (tertiary alicyclic amines) is 1. The Bertz CT molecular complexity index is 802. The molecule has 0 aliphatic carbocycles. The van der Waals surface area contributed by atoms with Crippen LogP contribution < -0.4 is 10.6 Å². The maximum absolute atomic E-state index is 12.3. The van der Waals surface area contributed by atoms with Crippen LogP contribution in [0.5, 0.6) is 0 Å². The highest BCUT2D eigenvalue weighted by Crippen LogP contribution is 2.26. The van der Waals surface area contributed by atoms with Crippen molar-refractivity contribution in [3.8, 4) is 0 Å². The Morgan fingerprint density at radius 2 is 1.93 bits per heavy atom. The lowest BCUT2D eigenvalue weighted by atomic mass is 10.0. The van der Waals surface area contributed by atoms with Crippen LogP contribution >= 0.6 is 11.6 Å². The molecule has 2 aromatic rings. The molecule has 0 saturated carbocycles. The Labute approximate surface area is 162 Å². The first kappa shape index (κ1) is 19.2. The summed E-state index contributed by atoms with van der Waals surface area (Å²) in [5.41, 5.74) is 0.526. The number of amides is 3. The lowest BCUT2D eigenvalue weighted by Crippen LogP contribution is -2.39. The number of piperidine rings is 1. The molecule has 1 aliphatic heterocycles. The zero-order valence-electron chi connectivity index (χ0n) is 14.8. The van der Waals surface area contributed by atoms with Gasteiger partial charge in [-0.1, -0.05) is 23.7 Å². The van der Waals surface area contributed by atoms with Crippen molar-refractivity contribution >= 4 is 35.0 Å². The first-order valence-electron chi connectivity index (χ1n) is 8.83. The third-order valence-electron chi connectivity index (χ3n) is 4.52. The van der Waals surface area contributed by atoms with E-state index in [0.29, 0.717) is 29.6 Å². The van der Waals surface area contributed by atoms with E-state index in [1.807, 2.05) is 0 Å². The van der Waals surface area contributed by atoms with Crippen molar-refractivity contribution in [1.29, 1.82) is 0 Å². The summed E-state index contributed by atoms with van der Waals surface area (Å²) in [4.78, 5) is 25.9. The van der Waals surface area contributed by atoms with E-state index in [9.17, 15) is 9.59 Å². The largest absolute Gasteiger partial charge is 0.396 e. The Morgan fingerprint density at radius 1 is 1.19 bits per heavy atom. The van der Waals surface area contributed by atoms with Crippen LogP contribution in [0, 0.1) is 0 Å². The number of carbonyl (C=O) groups excluding carboxylic acids is 2. The van der Waals surface area contributed by atoms with Crippen LogP contribution in [0.15, 0.2) is 36.5 Å². The highest BCUT2D eigenvalue weighted by Gasteiger charge is 2.25. The van der Waals surface area contributed by atoms with Gasteiger partial charge in [-0.25, -0.2) is 9.48 Å². The van der Waals surface area contributed by atoms with Crippen LogP contribution in [0.1, 0.15) is 25.3 Å². The first-order chi connectivity index (χ1) is 13.1. The third kappa shape index (κ3) is 4.78. The molecule has 1 fully saturated rings. The molecule has 1 saturated heterocycles. The van der Waals surface area contributed by atoms with Crippen LogP contribution in [-0.2, 0) is 4.79 Å². The summed E-state index contributed by atoms with van der Waals surface area (Å²) in [6.07, 6.45) is 3.26.